The van der Waals surface area contributed by atoms with E-state index in [0.717, 1.165) is 23.1 Å². The van der Waals surface area contributed by atoms with Gasteiger partial charge in [0.05, 0.1) is 5.69 Å². The summed E-state index contributed by atoms with van der Waals surface area (Å²) in [5.41, 5.74) is 5.28. The maximum absolute atomic E-state index is 5.51. The number of nitrogens with one attached hydrogen (secondary N) is 1. The van der Waals surface area contributed by atoms with E-state index in [1.165, 1.54) is 24.1 Å². The second-order valence-electron chi connectivity index (χ2n) is 4.52. The van der Waals surface area contributed by atoms with Gasteiger partial charge < -0.3 is 5.43 Å². The first-order chi connectivity index (χ1) is 7.23. The van der Waals surface area contributed by atoms with Gasteiger partial charge in [0.15, 0.2) is 0 Å². The number of fused-ring (bicyclic) bond motifs is 1. The van der Waals surface area contributed by atoms with Gasteiger partial charge >= 0.3 is 0 Å². The van der Waals surface area contributed by atoms with Gasteiger partial charge in [0, 0.05) is 22.5 Å². The Morgan fingerprint density at radius 3 is 2.80 bits per heavy atom. The Hall–Kier alpha value is -0.810. The van der Waals surface area contributed by atoms with E-state index >= 15 is 0 Å². The Morgan fingerprint density at radius 1 is 1.33 bits per heavy atom. The number of hydrazine groups is 1. The second kappa shape index (κ2) is 3.09. The van der Waals surface area contributed by atoms with Gasteiger partial charge in [-0.1, -0.05) is 6.92 Å². The van der Waals surface area contributed by atoms with Crippen LogP contribution in [0.4, 0.5) is 5.82 Å². The molecule has 2 heterocycles. The molecule has 3 rings (SSSR count). The monoisotopic (exact) mass is 222 g/mol. The molecular formula is C10H14N4S. The van der Waals surface area contributed by atoms with Crippen LogP contribution in [0.15, 0.2) is 0 Å². The van der Waals surface area contributed by atoms with Crippen molar-refractivity contribution in [2.75, 3.05) is 5.43 Å². The lowest BCUT2D eigenvalue weighted by atomic mass is 10.1. The molecule has 1 fully saturated rings. The minimum absolute atomic E-state index is 0.216. The van der Waals surface area contributed by atoms with Crippen LogP contribution in [0.5, 0.6) is 0 Å². The van der Waals surface area contributed by atoms with Crippen LogP contribution in [0.25, 0.3) is 0 Å². The molecule has 5 heteroatoms. The number of hydrogen-bond acceptors (Lipinski definition) is 5. The number of aromatic nitrogens is 2. The fourth-order valence-electron chi connectivity index (χ4n) is 1.85. The van der Waals surface area contributed by atoms with E-state index in [2.05, 4.69) is 22.3 Å². The molecule has 0 unspecified atom stereocenters. The van der Waals surface area contributed by atoms with Crippen LogP contribution >= 0.6 is 11.8 Å². The van der Waals surface area contributed by atoms with Gasteiger partial charge in [-0.3, -0.25) is 0 Å². The number of nitrogen functional groups attached to an aromatic ring is 1. The first-order valence-electron chi connectivity index (χ1n) is 5.17. The highest BCUT2D eigenvalue weighted by Gasteiger charge is 2.43. The zero-order valence-electron chi connectivity index (χ0n) is 8.71. The van der Waals surface area contributed by atoms with Crippen LogP contribution in [-0.2, 0) is 16.9 Å². The predicted octanol–water partition coefficient (Wildman–Crippen LogP) is 1.56. The number of rotatable bonds is 2. The van der Waals surface area contributed by atoms with E-state index < -0.39 is 0 Å². The summed E-state index contributed by atoms with van der Waals surface area (Å²) in [7, 11) is 0. The molecule has 0 aromatic carbocycles. The average Bonchev–Trinajstić information content (AvgIpc) is 2.82. The zero-order chi connectivity index (χ0) is 10.5. The highest BCUT2D eigenvalue weighted by Crippen LogP contribution is 2.47. The number of nitrogens with zero attached hydrogens (tertiary/aromatic N) is 2. The van der Waals surface area contributed by atoms with Crippen molar-refractivity contribution in [2.24, 2.45) is 5.84 Å². The van der Waals surface area contributed by atoms with Crippen molar-refractivity contribution >= 4 is 17.6 Å². The van der Waals surface area contributed by atoms with E-state index in [1.54, 1.807) is 0 Å². The molecule has 0 amide bonds. The van der Waals surface area contributed by atoms with Crippen molar-refractivity contribution in [3.8, 4) is 0 Å². The summed E-state index contributed by atoms with van der Waals surface area (Å²) >= 11 is 1.87. The van der Waals surface area contributed by atoms with Gasteiger partial charge in [-0.2, -0.15) is 11.8 Å². The summed E-state index contributed by atoms with van der Waals surface area (Å²) in [5.74, 6) is 9.28. The molecule has 1 aliphatic heterocycles. The van der Waals surface area contributed by atoms with E-state index in [0.29, 0.717) is 0 Å². The van der Waals surface area contributed by atoms with Crippen molar-refractivity contribution < 1.29 is 0 Å². The Balaban J connectivity index is 2.11. The smallest absolute Gasteiger partial charge is 0.148 e. The molecule has 0 radical (unpaired) electrons. The van der Waals surface area contributed by atoms with Crippen LogP contribution in [0.2, 0.25) is 0 Å². The van der Waals surface area contributed by atoms with E-state index in [4.69, 9.17) is 5.84 Å². The SMILES string of the molecule is CC1(c2nc3c(c(NN)n2)CSC3)CC1. The molecule has 3 N–H and O–H groups in total. The highest BCUT2D eigenvalue weighted by atomic mass is 32.2. The summed E-state index contributed by atoms with van der Waals surface area (Å²) < 4.78 is 0. The molecule has 1 aromatic heterocycles. The number of nitrogens with two attached hydrogens (primary N) is 1. The lowest BCUT2D eigenvalue weighted by Gasteiger charge is -2.12. The second-order valence-corrected chi connectivity index (χ2v) is 5.50. The van der Waals surface area contributed by atoms with Gasteiger partial charge in [-0.15, -0.1) is 0 Å². The lowest BCUT2D eigenvalue weighted by molar-refractivity contribution is 0.701. The quantitative estimate of drug-likeness (QED) is 0.587. The summed E-state index contributed by atoms with van der Waals surface area (Å²) in [5, 5.41) is 0. The topological polar surface area (TPSA) is 63.8 Å². The Morgan fingerprint density at radius 2 is 2.13 bits per heavy atom. The van der Waals surface area contributed by atoms with Gasteiger partial charge in [-0.05, 0) is 12.8 Å². The van der Waals surface area contributed by atoms with Gasteiger partial charge in [0.2, 0.25) is 0 Å². The molecule has 1 aromatic rings. The Kier molecular flexibility index (Phi) is 1.94. The van der Waals surface area contributed by atoms with Crippen LogP contribution in [0.1, 0.15) is 36.8 Å². The molecule has 1 saturated carbocycles. The van der Waals surface area contributed by atoms with Crippen molar-refractivity contribution in [1.82, 2.24) is 9.97 Å². The molecule has 80 valence electrons. The van der Waals surface area contributed by atoms with E-state index in [1.807, 2.05) is 11.8 Å². The van der Waals surface area contributed by atoms with Crippen molar-refractivity contribution in [3.63, 3.8) is 0 Å². The normalized spacial score (nSPS) is 21.2. The number of hydrogen-bond donors (Lipinski definition) is 2. The van der Waals surface area contributed by atoms with Crippen LogP contribution in [-0.4, -0.2) is 9.97 Å². The summed E-state index contributed by atoms with van der Waals surface area (Å²) in [6.07, 6.45) is 2.39. The van der Waals surface area contributed by atoms with Crippen molar-refractivity contribution in [1.29, 1.82) is 0 Å². The van der Waals surface area contributed by atoms with Gasteiger partial charge in [0.1, 0.15) is 11.6 Å². The molecule has 15 heavy (non-hydrogen) atoms. The van der Waals surface area contributed by atoms with Crippen LogP contribution in [0.3, 0.4) is 0 Å². The molecule has 0 spiro atoms. The molecule has 0 saturated heterocycles. The molecule has 0 bridgehead atoms. The third-order valence-corrected chi connectivity index (χ3v) is 4.22. The highest BCUT2D eigenvalue weighted by molar-refractivity contribution is 7.98. The van der Waals surface area contributed by atoms with E-state index in [9.17, 15) is 0 Å². The third kappa shape index (κ3) is 1.41. The predicted molar refractivity (Wildman–Crippen MR) is 61.4 cm³/mol. The van der Waals surface area contributed by atoms with Crippen molar-refractivity contribution in [3.05, 3.63) is 17.1 Å². The molecule has 4 nitrogen and oxygen atoms in total. The minimum atomic E-state index is 0.216. The fourth-order valence-corrected chi connectivity index (χ4v) is 2.89. The maximum atomic E-state index is 5.51. The first kappa shape index (κ1) is 9.42. The number of anilines is 1. The standard InChI is InChI=1S/C10H14N4S/c1-10(2-3-10)9-12-7-5-15-4-6(7)8(13-9)14-11/h2-5,11H2,1H3,(H,12,13,14). The number of thioether (sulfide) groups is 1. The van der Waals surface area contributed by atoms with Crippen LogP contribution < -0.4 is 11.3 Å². The zero-order valence-corrected chi connectivity index (χ0v) is 9.52. The van der Waals surface area contributed by atoms with Gasteiger partial charge in [-0.25, -0.2) is 15.8 Å². The summed E-state index contributed by atoms with van der Waals surface area (Å²) in [4.78, 5) is 9.20. The molecule has 1 aliphatic carbocycles. The first-order valence-corrected chi connectivity index (χ1v) is 6.33. The molecule has 2 aliphatic rings. The Bertz CT molecular complexity index is 414. The van der Waals surface area contributed by atoms with Crippen molar-refractivity contribution in [2.45, 2.75) is 36.7 Å². The lowest BCUT2D eigenvalue weighted by Crippen LogP contribution is -2.16. The minimum Gasteiger partial charge on any atom is -0.308 e. The summed E-state index contributed by atoms with van der Waals surface area (Å²) in [6.45, 7) is 2.22. The molecular weight excluding hydrogens is 208 g/mol. The fraction of sp³-hybridized carbons (Fsp3) is 0.600. The Labute approximate surface area is 93.0 Å². The average molecular weight is 222 g/mol. The molecule has 0 atom stereocenters. The van der Waals surface area contributed by atoms with E-state index in [-0.39, 0.29) is 5.41 Å². The summed E-state index contributed by atoms with van der Waals surface area (Å²) in [6, 6.07) is 0. The van der Waals surface area contributed by atoms with Crippen LogP contribution in [0, 0.1) is 0 Å². The van der Waals surface area contributed by atoms with Gasteiger partial charge in [0.25, 0.3) is 0 Å². The third-order valence-electron chi connectivity index (χ3n) is 3.25. The largest absolute Gasteiger partial charge is 0.308 e. The maximum Gasteiger partial charge on any atom is 0.148 e.